The van der Waals surface area contributed by atoms with E-state index in [0.29, 0.717) is 6.10 Å². The number of hydrogen-bond acceptors (Lipinski definition) is 4. The number of piperidine rings is 3. The maximum absolute atomic E-state index is 6.19. The molecular weight excluding hydrogens is 226 g/mol. The van der Waals surface area contributed by atoms with Crippen LogP contribution in [0.25, 0.3) is 0 Å². The first-order valence-corrected chi connectivity index (χ1v) is 7.50. The lowest BCUT2D eigenvalue weighted by atomic mass is 9.71. The van der Waals surface area contributed by atoms with Crippen LogP contribution >= 0.6 is 0 Å². The van der Waals surface area contributed by atoms with Gasteiger partial charge in [0.15, 0.2) is 0 Å². The Morgan fingerprint density at radius 3 is 2.61 bits per heavy atom. The normalized spacial score (nSPS) is 43.8. The lowest BCUT2D eigenvalue weighted by Gasteiger charge is -2.57. The van der Waals surface area contributed by atoms with Gasteiger partial charge >= 0.3 is 0 Å². The third-order valence-electron chi connectivity index (χ3n) is 5.46. The zero-order chi connectivity index (χ0) is 12.6. The highest BCUT2D eigenvalue weighted by molar-refractivity contribution is 5.05. The summed E-state index contributed by atoms with van der Waals surface area (Å²) in [6.07, 6.45) is 5.54. The molecule has 18 heavy (non-hydrogen) atoms. The van der Waals surface area contributed by atoms with E-state index in [1.54, 1.807) is 0 Å². The first kappa shape index (κ1) is 12.9. The molecule has 4 heteroatoms. The Morgan fingerprint density at radius 2 is 2.11 bits per heavy atom. The van der Waals surface area contributed by atoms with Crippen LogP contribution in [0.1, 0.15) is 25.7 Å². The molecule has 0 spiro atoms. The summed E-state index contributed by atoms with van der Waals surface area (Å²) in [7, 11) is 2.26. The Kier molecular flexibility index (Phi) is 3.63. The number of nitrogens with zero attached hydrogens (tertiary/aromatic N) is 2. The van der Waals surface area contributed by atoms with E-state index in [1.165, 1.54) is 38.8 Å². The van der Waals surface area contributed by atoms with Gasteiger partial charge in [0.05, 0.1) is 6.10 Å². The van der Waals surface area contributed by atoms with E-state index in [2.05, 4.69) is 16.8 Å². The van der Waals surface area contributed by atoms with Crippen molar-refractivity contribution in [2.75, 3.05) is 46.4 Å². The van der Waals surface area contributed by atoms with Gasteiger partial charge in [-0.1, -0.05) is 0 Å². The van der Waals surface area contributed by atoms with Crippen molar-refractivity contribution in [2.24, 2.45) is 11.7 Å². The van der Waals surface area contributed by atoms with Gasteiger partial charge in [0.2, 0.25) is 0 Å². The van der Waals surface area contributed by atoms with E-state index in [0.717, 1.165) is 32.2 Å². The fourth-order valence-electron chi connectivity index (χ4n) is 4.24. The average Bonchev–Trinajstić information content (AvgIpc) is 2.92. The van der Waals surface area contributed by atoms with Crippen molar-refractivity contribution in [3.63, 3.8) is 0 Å². The number of nitrogens with two attached hydrogens (primary N) is 1. The molecule has 4 nitrogen and oxygen atoms in total. The standard InChI is InChI=1S/C14H27N3O/c1-16(9-13-3-2-8-18-13)14(10-15)11-17-6-4-12(14)5-7-17/h12-13H,2-11,15H2,1H3. The molecular formula is C14H27N3O. The first-order valence-electron chi connectivity index (χ1n) is 7.50. The Bertz CT molecular complexity index is 285. The van der Waals surface area contributed by atoms with E-state index >= 15 is 0 Å². The fraction of sp³-hybridized carbons (Fsp3) is 1.00. The van der Waals surface area contributed by atoms with E-state index < -0.39 is 0 Å². The second kappa shape index (κ2) is 5.08. The van der Waals surface area contributed by atoms with E-state index in [9.17, 15) is 0 Å². The summed E-state index contributed by atoms with van der Waals surface area (Å²) in [6, 6.07) is 0. The Labute approximate surface area is 110 Å². The first-order chi connectivity index (χ1) is 8.74. The molecule has 4 fully saturated rings. The molecule has 0 amide bonds. The minimum atomic E-state index is 0.211. The van der Waals surface area contributed by atoms with Crippen molar-refractivity contribution >= 4 is 0 Å². The molecule has 4 heterocycles. The predicted octanol–water partition coefficient (Wildman–Crippen LogP) is 0.520. The average molecular weight is 253 g/mol. The number of likely N-dealkylation sites (N-methyl/N-ethyl adjacent to an activating group) is 1. The van der Waals surface area contributed by atoms with Gasteiger partial charge in [0.25, 0.3) is 0 Å². The molecule has 2 N–H and O–H groups in total. The Balaban J connectivity index is 1.70. The minimum absolute atomic E-state index is 0.211. The largest absolute Gasteiger partial charge is 0.377 e. The molecule has 2 atom stereocenters. The molecule has 0 aromatic carbocycles. The van der Waals surface area contributed by atoms with Crippen molar-refractivity contribution in [1.82, 2.24) is 9.80 Å². The molecule has 4 saturated heterocycles. The van der Waals surface area contributed by atoms with Crippen LogP contribution in [0.5, 0.6) is 0 Å². The number of rotatable bonds is 4. The van der Waals surface area contributed by atoms with Crippen molar-refractivity contribution < 1.29 is 4.74 Å². The van der Waals surface area contributed by atoms with Crippen molar-refractivity contribution in [3.05, 3.63) is 0 Å². The molecule has 0 saturated carbocycles. The number of fused-ring (bicyclic) bond motifs is 3. The van der Waals surface area contributed by atoms with Gasteiger partial charge in [-0.15, -0.1) is 0 Å². The van der Waals surface area contributed by atoms with Gasteiger partial charge in [0, 0.05) is 31.8 Å². The summed E-state index contributed by atoms with van der Waals surface area (Å²) in [6.45, 7) is 6.51. The zero-order valence-corrected chi connectivity index (χ0v) is 11.6. The van der Waals surface area contributed by atoms with Gasteiger partial charge in [-0.25, -0.2) is 0 Å². The lowest BCUT2D eigenvalue weighted by Crippen LogP contribution is -2.69. The molecule has 4 aliphatic rings. The molecule has 2 bridgehead atoms. The molecule has 0 aliphatic carbocycles. The fourth-order valence-corrected chi connectivity index (χ4v) is 4.24. The maximum Gasteiger partial charge on any atom is 0.0702 e. The molecule has 0 radical (unpaired) electrons. The van der Waals surface area contributed by atoms with Crippen molar-refractivity contribution in [1.29, 1.82) is 0 Å². The Hall–Kier alpha value is -0.160. The van der Waals surface area contributed by atoms with Crippen molar-refractivity contribution in [3.8, 4) is 0 Å². The summed E-state index contributed by atoms with van der Waals surface area (Å²) in [5.74, 6) is 0.791. The summed E-state index contributed by atoms with van der Waals surface area (Å²) in [5, 5.41) is 0. The van der Waals surface area contributed by atoms with Crippen LogP contribution in [0.15, 0.2) is 0 Å². The van der Waals surface area contributed by atoms with Crippen LogP contribution in [-0.2, 0) is 4.74 Å². The second-order valence-corrected chi connectivity index (χ2v) is 6.37. The number of ether oxygens (including phenoxy) is 1. The summed E-state index contributed by atoms with van der Waals surface area (Å²) < 4.78 is 5.79. The monoisotopic (exact) mass is 253 g/mol. The van der Waals surface area contributed by atoms with Gasteiger partial charge in [0.1, 0.15) is 0 Å². The van der Waals surface area contributed by atoms with Gasteiger partial charge in [-0.05, 0) is 51.7 Å². The van der Waals surface area contributed by atoms with Crippen LogP contribution in [-0.4, -0.2) is 67.8 Å². The molecule has 0 aromatic heterocycles. The van der Waals surface area contributed by atoms with E-state index in [4.69, 9.17) is 10.5 Å². The zero-order valence-electron chi connectivity index (χ0n) is 11.6. The van der Waals surface area contributed by atoms with Crippen LogP contribution in [0, 0.1) is 5.92 Å². The minimum Gasteiger partial charge on any atom is -0.377 e. The predicted molar refractivity (Wildman–Crippen MR) is 72.6 cm³/mol. The quantitative estimate of drug-likeness (QED) is 0.793. The Morgan fingerprint density at radius 1 is 1.33 bits per heavy atom. The van der Waals surface area contributed by atoms with E-state index in [1.807, 2.05) is 0 Å². The van der Waals surface area contributed by atoms with Crippen LogP contribution in [0.2, 0.25) is 0 Å². The third kappa shape index (κ3) is 2.09. The summed E-state index contributed by atoms with van der Waals surface area (Å²) in [5.41, 5.74) is 6.40. The smallest absolute Gasteiger partial charge is 0.0702 e. The molecule has 2 unspecified atom stereocenters. The van der Waals surface area contributed by atoms with Gasteiger partial charge in [-0.3, -0.25) is 4.90 Å². The maximum atomic E-state index is 6.19. The number of hydrogen-bond donors (Lipinski definition) is 1. The lowest BCUT2D eigenvalue weighted by molar-refractivity contribution is -0.0703. The summed E-state index contributed by atoms with van der Waals surface area (Å²) >= 11 is 0. The molecule has 4 rings (SSSR count). The topological polar surface area (TPSA) is 41.7 Å². The van der Waals surface area contributed by atoms with Crippen LogP contribution < -0.4 is 5.73 Å². The highest BCUT2D eigenvalue weighted by Crippen LogP contribution is 2.39. The second-order valence-electron chi connectivity index (χ2n) is 6.37. The van der Waals surface area contributed by atoms with Gasteiger partial charge in [-0.2, -0.15) is 0 Å². The van der Waals surface area contributed by atoms with Crippen LogP contribution in [0.4, 0.5) is 0 Å². The molecule has 0 aromatic rings. The summed E-state index contributed by atoms with van der Waals surface area (Å²) in [4.78, 5) is 5.12. The van der Waals surface area contributed by atoms with E-state index in [-0.39, 0.29) is 5.54 Å². The molecule has 4 aliphatic heterocycles. The van der Waals surface area contributed by atoms with Crippen molar-refractivity contribution in [2.45, 2.75) is 37.3 Å². The third-order valence-corrected chi connectivity index (χ3v) is 5.46. The highest BCUT2D eigenvalue weighted by atomic mass is 16.5. The van der Waals surface area contributed by atoms with Crippen LogP contribution in [0.3, 0.4) is 0 Å². The molecule has 104 valence electrons. The highest BCUT2D eigenvalue weighted by Gasteiger charge is 2.48. The van der Waals surface area contributed by atoms with Gasteiger partial charge < -0.3 is 15.4 Å². The SMILES string of the molecule is CN(CC1CCCO1)C1(CN)CN2CCC1CC2.